The lowest BCUT2D eigenvalue weighted by atomic mass is 10.2. The van der Waals surface area contributed by atoms with Crippen LogP contribution in [0.15, 0.2) is 12.2 Å². The van der Waals surface area contributed by atoms with Gasteiger partial charge in [-0.25, -0.2) is 0 Å². The number of carbonyl (C=O) groups excluding carboxylic acids is 1. The van der Waals surface area contributed by atoms with E-state index in [0.29, 0.717) is 0 Å². The quantitative estimate of drug-likeness (QED) is 0.537. The molecular formula is C7H13NO2. The van der Waals surface area contributed by atoms with E-state index in [9.17, 15) is 4.79 Å². The van der Waals surface area contributed by atoms with Crippen molar-refractivity contribution in [2.75, 3.05) is 6.54 Å². The van der Waals surface area contributed by atoms with Crippen molar-refractivity contribution in [2.45, 2.75) is 19.4 Å². The average molecular weight is 143 g/mol. The minimum Gasteiger partial charge on any atom is -0.384 e. The molecule has 1 atom stereocenters. The molecule has 0 aliphatic carbocycles. The molecule has 0 bridgehead atoms. The van der Waals surface area contributed by atoms with Gasteiger partial charge in [0.25, 0.3) is 0 Å². The minimum atomic E-state index is -1.03. The third-order valence-corrected chi connectivity index (χ3v) is 1.07. The molecule has 0 rings (SSSR count). The maximum absolute atomic E-state index is 10.7. The molecule has 3 heteroatoms. The Morgan fingerprint density at radius 1 is 1.80 bits per heavy atom. The van der Waals surface area contributed by atoms with Crippen LogP contribution in [0.2, 0.25) is 0 Å². The number of nitrogens with two attached hydrogens (primary N) is 1. The molecule has 0 aromatic rings. The molecule has 0 aliphatic rings. The summed E-state index contributed by atoms with van der Waals surface area (Å²) in [6, 6.07) is 0. The second kappa shape index (κ2) is 5.14. The smallest absolute Gasteiger partial charge is 0.185 e. The number of hydrogen-bond acceptors (Lipinski definition) is 3. The summed E-state index contributed by atoms with van der Waals surface area (Å²) in [6.07, 6.45) is 2.82. The highest BCUT2D eigenvalue weighted by Crippen LogP contribution is 1.87. The van der Waals surface area contributed by atoms with Gasteiger partial charge in [0.15, 0.2) is 5.78 Å². The van der Waals surface area contributed by atoms with Crippen molar-refractivity contribution in [3.8, 4) is 0 Å². The summed E-state index contributed by atoms with van der Waals surface area (Å²) in [5, 5.41) is 8.83. The molecule has 0 spiro atoms. The highest BCUT2D eigenvalue weighted by Gasteiger charge is 2.07. The lowest BCUT2D eigenvalue weighted by Crippen LogP contribution is -2.27. The summed E-state index contributed by atoms with van der Waals surface area (Å²) in [5.74, 6) is -0.315. The molecule has 10 heavy (non-hydrogen) atoms. The normalized spacial score (nSPS) is 13.9. The molecule has 58 valence electrons. The molecule has 0 aromatic heterocycles. The van der Waals surface area contributed by atoms with Crippen LogP contribution in [0.5, 0.6) is 0 Å². The van der Waals surface area contributed by atoms with Crippen LogP contribution in [-0.2, 0) is 4.79 Å². The van der Waals surface area contributed by atoms with E-state index in [1.165, 1.54) is 6.08 Å². The lowest BCUT2D eigenvalue weighted by molar-refractivity contribution is -0.121. The van der Waals surface area contributed by atoms with Crippen molar-refractivity contribution in [1.29, 1.82) is 0 Å². The summed E-state index contributed by atoms with van der Waals surface area (Å²) in [7, 11) is 0. The molecular weight excluding hydrogens is 130 g/mol. The van der Waals surface area contributed by atoms with Gasteiger partial charge in [0.05, 0.1) is 0 Å². The van der Waals surface area contributed by atoms with Crippen molar-refractivity contribution in [1.82, 2.24) is 0 Å². The van der Waals surface area contributed by atoms with Gasteiger partial charge in [-0.1, -0.05) is 13.0 Å². The van der Waals surface area contributed by atoms with E-state index in [4.69, 9.17) is 10.8 Å². The second-order valence-electron chi connectivity index (χ2n) is 1.96. The maximum atomic E-state index is 10.7. The number of allylic oxidation sites excluding steroid dienone is 1. The molecule has 1 unspecified atom stereocenters. The number of aliphatic hydroxyl groups excluding tert-OH is 1. The topological polar surface area (TPSA) is 63.3 Å². The number of rotatable bonds is 4. The lowest BCUT2D eigenvalue weighted by Gasteiger charge is -1.99. The predicted octanol–water partition coefficient (Wildman–Crippen LogP) is -0.159. The van der Waals surface area contributed by atoms with Gasteiger partial charge in [-0.05, 0) is 12.5 Å². The first-order chi connectivity index (χ1) is 4.72. The van der Waals surface area contributed by atoms with E-state index in [1.54, 1.807) is 6.08 Å². The highest BCUT2D eigenvalue weighted by molar-refractivity contribution is 5.93. The van der Waals surface area contributed by atoms with Crippen molar-refractivity contribution in [3.05, 3.63) is 12.2 Å². The van der Waals surface area contributed by atoms with Gasteiger partial charge >= 0.3 is 0 Å². The first-order valence-corrected chi connectivity index (χ1v) is 3.30. The predicted molar refractivity (Wildman–Crippen MR) is 39.5 cm³/mol. The Labute approximate surface area is 60.5 Å². The molecule has 0 aliphatic heterocycles. The summed E-state index contributed by atoms with van der Waals surface area (Å²) in [4.78, 5) is 10.7. The van der Waals surface area contributed by atoms with Gasteiger partial charge in [-0.2, -0.15) is 0 Å². The zero-order valence-corrected chi connectivity index (χ0v) is 6.08. The van der Waals surface area contributed by atoms with Gasteiger partial charge in [-0.3, -0.25) is 4.79 Å². The fourth-order valence-corrected chi connectivity index (χ4v) is 0.461. The van der Waals surface area contributed by atoms with Gasteiger partial charge in [0, 0.05) is 6.54 Å². The molecule has 0 fully saturated rings. The minimum absolute atomic E-state index is 0.00706. The number of aliphatic hydroxyl groups is 1. The first kappa shape index (κ1) is 9.33. The van der Waals surface area contributed by atoms with Crippen LogP contribution < -0.4 is 5.73 Å². The van der Waals surface area contributed by atoms with Crippen LogP contribution in [0, 0.1) is 0 Å². The van der Waals surface area contributed by atoms with Crippen molar-refractivity contribution in [3.63, 3.8) is 0 Å². The molecule has 0 heterocycles. The Kier molecular flexibility index (Phi) is 4.80. The molecule has 3 N–H and O–H groups in total. The van der Waals surface area contributed by atoms with Crippen LogP contribution in [0.3, 0.4) is 0 Å². The van der Waals surface area contributed by atoms with Gasteiger partial charge in [0.2, 0.25) is 0 Å². The SMILES string of the molecule is CCC=CC(=O)C(O)CN. The zero-order valence-electron chi connectivity index (χ0n) is 6.08. The van der Waals surface area contributed by atoms with Gasteiger partial charge < -0.3 is 10.8 Å². The Balaban J connectivity index is 3.72. The summed E-state index contributed by atoms with van der Waals surface area (Å²) < 4.78 is 0. The summed E-state index contributed by atoms with van der Waals surface area (Å²) in [5.41, 5.74) is 5.04. The third kappa shape index (κ3) is 3.37. The van der Waals surface area contributed by atoms with E-state index < -0.39 is 6.10 Å². The van der Waals surface area contributed by atoms with E-state index in [1.807, 2.05) is 6.92 Å². The maximum Gasteiger partial charge on any atom is 0.185 e. The molecule has 0 amide bonds. The summed E-state index contributed by atoms with van der Waals surface area (Å²) >= 11 is 0. The monoisotopic (exact) mass is 143 g/mol. The first-order valence-electron chi connectivity index (χ1n) is 3.30. The second-order valence-corrected chi connectivity index (χ2v) is 1.96. The van der Waals surface area contributed by atoms with Crippen LogP contribution in [0.4, 0.5) is 0 Å². The largest absolute Gasteiger partial charge is 0.384 e. The van der Waals surface area contributed by atoms with Crippen molar-refractivity contribution in [2.24, 2.45) is 5.73 Å². The number of ketones is 1. The molecule has 0 radical (unpaired) electrons. The van der Waals surface area contributed by atoms with Crippen LogP contribution >= 0.6 is 0 Å². The van der Waals surface area contributed by atoms with Gasteiger partial charge in [-0.15, -0.1) is 0 Å². The van der Waals surface area contributed by atoms with Crippen LogP contribution in [0.1, 0.15) is 13.3 Å². The van der Waals surface area contributed by atoms with E-state index >= 15 is 0 Å². The third-order valence-electron chi connectivity index (χ3n) is 1.07. The Bertz CT molecular complexity index is 132. The van der Waals surface area contributed by atoms with Crippen molar-refractivity contribution < 1.29 is 9.90 Å². The Hall–Kier alpha value is -0.670. The van der Waals surface area contributed by atoms with E-state index in [0.717, 1.165) is 6.42 Å². The van der Waals surface area contributed by atoms with Gasteiger partial charge in [0.1, 0.15) is 6.10 Å². The van der Waals surface area contributed by atoms with E-state index in [-0.39, 0.29) is 12.3 Å². The summed E-state index contributed by atoms with van der Waals surface area (Å²) in [6.45, 7) is 1.91. The molecule has 0 saturated carbocycles. The molecule has 0 saturated heterocycles. The standard InChI is InChI=1S/C7H13NO2/c1-2-3-4-6(9)7(10)5-8/h3-4,7,10H,2,5,8H2,1H3. The Morgan fingerprint density at radius 3 is 2.80 bits per heavy atom. The number of hydrogen-bond donors (Lipinski definition) is 2. The fourth-order valence-electron chi connectivity index (χ4n) is 0.461. The van der Waals surface area contributed by atoms with Crippen LogP contribution in [-0.4, -0.2) is 23.5 Å². The van der Waals surface area contributed by atoms with E-state index in [2.05, 4.69) is 0 Å². The zero-order chi connectivity index (χ0) is 7.98. The van der Waals surface area contributed by atoms with Crippen LogP contribution in [0.25, 0.3) is 0 Å². The molecule has 3 nitrogen and oxygen atoms in total. The average Bonchev–Trinajstić information content (AvgIpc) is 1.98. The van der Waals surface area contributed by atoms with Crippen molar-refractivity contribution >= 4 is 5.78 Å². The Morgan fingerprint density at radius 2 is 2.40 bits per heavy atom. The highest BCUT2D eigenvalue weighted by atomic mass is 16.3. The number of carbonyl (C=O) groups is 1. The fraction of sp³-hybridized carbons (Fsp3) is 0.571. The molecule has 0 aromatic carbocycles.